The summed E-state index contributed by atoms with van der Waals surface area (Å²) in [4.78, 5) is 11.5. The van der Waals surface area contributed by atoms with Gasteiger partial charge in [-0.05, 0) is 32.6 Å². The average molecular weight is 261 g/mol. The predicted molar refractivity (Wildman–Crippen MR) is 67.3 cm³/mol. The van der Waals surface area contributed by atoms with Crippen molar-refractivity contribution in [3.63, 3.8) is 0 Å². The maximum Gasteiger partial charge on any atom is 0.237 e. The molecule has 1 saturated heterocycles. The fourth-order valence-electron chi connectivity index (χ4n) is 2.63. The summed E-state index contributed by atoms with van der Waals surface area (Å²) in [6.45, 7) is 4.40. The number of hydrogen-bond donors (Lipinski definition) is 2. The molecule has 2 aliphatic rings. The van der Waals surface area contributed by atoms with E-state index in [0.717, 1.165) is 45.4 Å². The molecule has 0 aromatic rings. The van der Waals surface area contributed by atoms with Crippen LogP contribution in [0.1, 0.15) is 32.6 Å². The van der Waals surface area contributed by atoms with E-state index in [-0.39, 0.29) is 17.6 Å². The summed E-state index contributed by atoms with van der Waals surface area (Å²) in [5.74, 6) is -0.0599. The van der Waals surface area contributed by atoms with E-state index in [1.54, 1.807) is 6.92 Å². The maximum atomic E-state index is 11.5. The molecule has 1 spiro atoms. The van der Waals surface area contributed by atoms with E-state index in [4.69, 9.17) is 16.3 Å². The van der Waals surface area contributed by atoms with Gasteiger partial charge in [0.1, 0.15) is 5.38 Å². The molecule has 0 radical (unpaired) electrons. The Morgan fingerprint density at radius 2 is 2.24 bits per heavy atom. The highest BCUT2D eigenvalue weighted by atomic mass is 35.5. The molecule has 1 atom stereocenters. The van der Waals surface area contributed by atoms with Gasteiger partial charge in [-0.15, -0.1) is 11.6 Å². The van der Waals surface area contributed by atoms with Crippen molar-refractivity contribution in [1.29, 1.82) is 0 Å². The Bertz CT molecular complexity index is 268. The fraction of sp³-hybridized carbons (Fsp3) is 0.917. The van der Waals surface area contributed by atoms with Crippen molar-refractivity contribution in [3.8, 4) is 0 Å². The lowest BCUT2D eigenvalue weighted by molar-refractivity contribution is -0.123. The lowest BCUT2D eigenvalue weighted by atomic mass is 9.81. The minimum absolute atomic E-state index is 0.0199. The molecule has 98 valence electrons. The number of amides is 1. The third kappa shape index (κ3) is 3.33. The number of rotatable bonds is 2. The van der Waals surface area contributed by atoms with Crippen molar-refractivity contribution >= 4 is 17.5 Å². The largest absolute Gasteiger partial charge is 0.372 e. The van der Waals surface area contributed by atoms with Crippen molar-refractivity contribution in [2.75, 3.05) is 19.7 Å². The molecular weight excluding hydrogens is 240 g/mol. The predicted octanol–water partition coefficient (Wildman–Crippen LogP) is 1.03. The Hall–Kier alpha value is -0.320. The Morgan fingerprint density at radius 3 is 2.76 bits per heavy atom. The summed E-state index contributed by atoms with van der Waals surface area (Å²) < 4.78 is 5.91. The molecular formula is C12H21ClN2O2. The first-order valence-corrected chi connectivity index (χ1v) is 6.84. The zero-order valence-corrected chi connectivity index (χ0v) is 11.1. The number of ether oxygens (including phenoxy) is 1. The van der Waals surface area contributed by atoms with Crippen LogP contribution in [0.15, 0.2) is 0 Å². The van der Waals surface area contributed by atoms with Crippen LogP contribution in [0.2, 0.25) is 0 Å². The summed E-state index contributed by atoms with van der Waals surface area (Å²) in [5, 5.41) is 5.93. The van der Waals surface area contributed by atoms with Gasteiger partial charge in [-0.1, -0.05) is 0 Å². The molecule has 1 aliphatic heterocycles. The van der Waals surface area contributed by atoms with Crippen LogP contribution in [0, 0.1) is 0 Å². The summed E-state index contributed by atoms with van der Waals surface area (Å²) >= 11 is 5.74. The molecule has 1 amide bonds. The van der Waals surface area contributed by atoms with Gasteiger partial charge in [0, 0.05) is 19.1 Å². The van der Waals surface area contributed by atoms with Gasteiger partial charge in [0.25, 0.3) is 0 Å². The highest BCUT2D eigenvalue weighted by Crippen LogP contribution is 2.32. The Balaban J connectivity index is 1.79. The second-order valence-corrected chi connectivity index (χ2v) is 5.76. The summed E-state index contributed by atoms with van der Waals surface area (Å²) in [7, 11) is 0. The van der Waals surface area contributed by atoms with E-state index in [0.29, 0.717) is 0 Å². The van der Waals surface area contributed by atoms with E-state index in [1.165, 1.54) is 0 Å². The monoisotopic (exact) mass is 260 g/mol. The van der Waals surface area contributed by atoms with Crippen LogP contribution < -0.4 is 10.6 Å². The van der Waals surface area contributed by atoms with Gasteiger partial charge >= 0.3 is 0 Å². The number of alkyl halides is 1. The van der Waals surface area contributed by atoms with Crippen LogP contribution in [-0.2, 0) is 9.53 Å². The third-order valence-electron chi connectivity index (χ3n) is 3.74. The third-order valence-corrected chi connectivity index (χ3v) is 3.94. The van der Waals surface area contributed by atoms with Crippen LogP contribution in [0.3, 0.4) is 0 Å². The van der Waals surface area contributed by atoms with Crippen LogP contribution in [0.5, 0.6) is 0 Å². The van der Waals surface area contributed by atoms with Crippen LogP contribution >= 0.6 is 11.6 Å². The molecule has 0 aromatic heterocycles. The number of morpholine rings is 1. The Labute approximate surface area is 107 Å². The van der Waals surface area contributed by atoms with E-state index in [2.05, 4.69) is 10.6 Å². The maximum absolute atomic E-state index is 11.5. The zero-order valence-electron chi connectivity index (χ0n) is 10.3. The molecule has 1 unspecified atom stereocenters. The standard InChI is InChI=1S/C12H21ClN2O2/c1-9(13)11(16)15-10-2-4-12(5-3-10)8-14-6-7-17-12/h9-10,14H,2-8H2,1H3,(H,15,16). The zero-order chi connectivity index (χ0) is 12.3. The quantitative estimate of drug-likeness (QED) is 0.730. The first-order valence-electron chi connectivity index (χ1n) is 6.40. The van der Waals surface area contributed by atoms with Gasteiger partial charge in [-0.25, -0.2) is 0 Å². The molecule has 0 aromatic carbocycles. The molecule has 5 heteroatoms. The van der Waals surface area contributed by atoms with Crippen LogP contribution in [0.25, 0.3) is 0 Å². The van der Waals surface area contributed by atoms with Crippen molar-refractivity contribution in [3.05, 3.63) is 0 Å². The smallest absolute Gasteiger partial charge is 0.237 e. The second-order valence-electron chi connectivity index (χ2n) is 5.11. The SMILES string of the molecule is CC(Cl)C(=O)NC1CCC2(CC1)CNCCO2. The minimum Gasteiger partial charge on any atom is -0.372 e. The average Bonchev–Trinajstić information content (AvgIpc) is 2.33. The molecule has 2 rings (SSSR count). The first kappa shape index (κ1) is 13.1. The molecule has 2 N–H and O–H groups in total. The van der Waals surface area contributed by atoms with Crippen molar-refractivity contribution in [2.45, 2.75) is 49.6 Å². The van der Waals surface area contributed by atoms with Crippen molar-refractivity contribution < 1.29 is 9.53 Å². The van der Waals surface area contributed by atoms with E-state index >= 15 is 0 Å². The molecule has 17 heavy (non-hydrogen) atoms. The molecule has 1 aliphatic carbocycles. The van der Waals surface area contributed by atoms with Crippen molar-refractivity contribution in [1.82, 2.24) is 10.6 Å². The van der Waals surface area contributed by atoms with Gasteiger partial charge < -0.3 is 15.4 Å². The van der Waals surface area contributed by atoms with Gasteiger partial charge in [0.2, 0.25) is 5.91 Å². The van der Waals surface area contributed by atoms with Gasteiger partial charge in [-0.3, -0.25) is 4.79 Å². The Morgan fingerprint density at radius 1 is 1.53 bits per heavy atom. The van der Waals surface area contributed by atoms with E-state index in [1.807, 2.05) is 0 Å². The summed E-state index contributed by atoms with van der Waals surface area (Å²) in [5.41, 5.74) is 0.0199. The van der Waals surface area contributed by atoms with Gasteiger partial charge in [0.15, 0.2) is 0 Å². The first-order chi connectivity index (χ1) is 8.11. The molecule has 4 nitrogen and oxygen atoms in total. The van der Waals surface area contributed by atoms with Gasteiger partial charge in [-0.2, -0.15) is 0 Å². The second kappa shape index (κ2) is 5.55. The Kier molecular flexibility index (Phi) is 4.28. The lowest BCUT2D eigenvalue weighted by Gasteiger charge is -2.43. The molecule has 1 saturated carbocycles. The summed E-state index contributed by atoms with van der Waals surface area (Å²) in [6, 6.07) is 0.264. The topological polar surface area (TPSA) is 50.4 Å². The number of hydrogen-bond acceptors (Lipinski definition) is 3. The number of nitrogens with one attached hydrogen (secondary N) is 2. The van der Waals surface area contributed by atoms with E-state index < -0.39 is 5.38 Å². The number of carbonyl (C=O) groups is 1. The number of carbonyl (C=O) groups excluding carboxylic acids is 1. The minimum atomic E-state index is -0.446. The normalized spacial score (nSPS) is 35.5. The molecule has 0 bridgehead atoms. The van der Waals surface area contributed by atoms with Crippen LogP contribution in [0.4, 0.5) is 0 Å². The van der Waals surface area contributed by atoms with E-state index in [9.17, 15) is 4.79 Å². The fourth-order valence-corrected chi connectivity index (χ4v) is 2.70. The lowest BCUT2D eigenvalue weighted by Crippen LogP contribution is -2.54. The summed E-state index contributed by atoms with van der Waals surface area (Å²) in [6.07, 6.45) is 4.00. The van der Waals surface area contributed by atoms with Crippen molar-refractivity contribution in [2.24, 2.45) is 0 Å². The molecule has 1 heterocycles. The number of halogens is 1. The molecule has 2 fully saturated rings. The highest BCUT2D eigenvalue weighted by Gasteiger charge is 2.37. The van der Waals surface area contributed by atoms with Gasteiger partial charge in [0.05, 0.1) is 12.2 Å². The van der Waals surface area contributed by atoms with Crippen LogP contribution in [-0.4, -0.2) is 42.6 Å². The highest BCUT2D eigenvalue weighted by molar-refractivity contribution is 6.30.